The predicted molar refractivity (Wildman–Crippen MR) is 89.5 cm³/mol. The van der Waals surface area contributed by atoms with Gasteiger partial charge in [-0.2, -0.15) is 0 Å². The number of benzene rings is 2. The fraction of sp³-hybridized carbons (Fsp3) is 0.167. The maximum atomic E-state index is 12.3. The second-order valence-corrected chi connectivity index (χ2v) is 5.88. The average Bonchev–Trinajstić information content (AvgIpc) is 2.85. The van der Waals surface area contributed by atoms with Crippen LogP contribution in [0.5, 0.6) is 0 Å². The molecule has 0 unspecified atom stereocenters. The first kappa shape index (κ1) is 14.7. The second-order valence-electron chi connectivity index (χ2n) is 5.44. The Morgan fingerprint density at radius 2 is 2.00 bits per heavy atom. The van der Waals surface area contributed by atoms with E-state index in [0.29, 0.717) is 5.02 Å². The van der Waals surface area contributed by atoms with Gasteiger partial charge in [-0.15, -0.1) is 0 Å². The number of carbonyl (C=O) groups excluding carboxylic acids is 1. The van der Waals surface area contributed by atoms with Crippen molar-refractivity contribution < 1.29 is 9.21 Å². The smallest absolute Gasteiger partial charge is 0.228 e. The summed E-state index contributed by atoms with van der Waals surface area (Å²) < 4.78 is 5.52. The molecule has 0 spiro atoms. The minimum atomic E-state index is -0.0892. The predicted octanol–water partition coefficient (Wildman–Crippen LogP) is 4.88. The number of halogens is 1. The van der Waals surface area contributed by atoms with Crippen molar-refractivity contribution >= 4 is 34.2 Å². The molecule has 1 heterocycles. The van der Waals surface area contributed by atoms with Crippen LogP contribution >= 0.6 is 11.6 Å². The number of nitrogens with one attached hydrogen (secondary N) is 1. The highest BCUT2D eigenvalue weighted by atomic mass is 35.5. The van der Waals surface area contributed by atoms with E-state index in [-0.39, 0.29) is 12.3 Å². The van der Waals surface area contributed by atoms with Crippen LogP contribution in [0.2, 0.25) is 5.02 Å². The number of anilines is 1. The highest BCUT2D eigenvalue weighted by molar-refractivity contribution is 6.31. The highest BCUT2D eigenvalue weighted by Crippen LogP contribution is 2.24. The minimum Gasteiger partial charge on any atom is -0.464 e. The van der Waals surface area contributed by atoms with Crippen LogP contribution in [0.25, 0.3) is 11.0 Å². The van der Waals surface area contributed by atoms with Crippen molar-refractivity contribution in [3.8, 4) is 0 Å². The van der Waals surface area contributed by atoms with Gasteiger partial charge in [-0.25, -0.2) is 0 Å². The number of furan rings is 1. The fourth-order valence-electron chi connectivity index (χ4n) is 2.42. The zero-order valence-electron chi connectivity index (χ0n) is 12.4. The minimum absolute atomic E-state index is 0.0892. The van der Waals surface area contributed by atoms with Crippen molar-refractivity contribution in [3.63, 3.8) is 0 Å². The van der Waals surface area contributed by atoms with Crippen molar-refractivity contribution in [1.29, 1.82) is 0 Å². The molecule has 22 heavy (non-hydrogen) atoms. The lowest BCUT2D eigenvalue weighted by Gasteiger charge is -2.08. The number of hydrogen-bond donors (Lipinski definition) is 1. The molecule has 2 aromatic carbocycles. The molecule has 0 atom stereocenters. The Balaban J connectivity index is 1.80. The number of amides is 1. The summed E-state index contributed by atoms with van der Waals surface area (Å²) in [6, 6.07) is 11.4. The lowest BCUT2D eigenvalue weighted by molar-refractivity contribution is -0.115. The van der Waals surface area contributed by atoms with Gasteiger partial charge in [-0.1, -0.05) is 29.8 Å². The van der Waals surface area contributed by atoms with Gasteiger partial charge in [0.1, 0.15) is 5.58 Å². The molecule has 3 aromatic rings. The van der Waals surface area contributed by atoms with E-state index in [0.717, 1.165) is 33.3 Å². The number of rotatable bonds is 3. The average molecular weight is 314 g/mol. The Morgan fingerprint density at radius 1 is 1.18 bits per heavy atom. The molecule has 0 radical (unpaired) electrons. The molecule has 1 amide bonds. The van der Waals surface area contributed by atoms with Crippen molar-refractivity contribution in [2.45, 2.75) is 20.3 Å². The SMILES string of the molecule is Cc1ccc2c(CC(=O)Nc3cc(Cl)ccc3C)coc2c1. The van der Waals surface area contributed by atoms with Gasteiger partial charge >= 0.3 is 0 Å². The van der Waals surface area contributed by atoms with E-state index in [1.54, 1.807) is 18.4 Å². The Labute approximate surface area is 133 Å². The molecule has 0 saturated carbocycles. The van der Waals surface area contributed by atoms with E-state index in [2.05, 4.69) is 5.32 Å². The van der Waals surface area contributed by atoms with Crippen LogP contribution in [0.15, 0.2) is 47.1 Å². The van der Waals surface area contributed by atoms with Gasteiger partial charge < -0.3 is 9.73 Å². The van der Waals surface area contributed by atoms with Crippen molar-refractivity contribution in [3.05, 3.63) is 64.4 Å². The molecule has 0 aliphatic rings. The normalized spacial score (nSPS) is 10.9. The summed E-state index contributed by atoms with van der Waals surface area (Å²) in [5, 5.41) is 4.48. The van der Waals surface area contributed by atoms with Crippen LogP contribution in [0.3, 0.4) is 0 Å². The third-order valence-corrected chi connectivity index (χ3v) is 3.87. The number of aryl methyl sites for hydroxylation is 2. The molecule has 0 fully saturated rings. The Hall–Kier alpha value is -2.26. The van der Waals surface area contributed by atoms with Crippen LogP contribution in [0, 0.1) is 13.8 Å². The summed E-state index contributed by atoms with van der Waals surface area (Å²) in [7, 11) is 0. The summed E-state index contributed by atoms with van der Waals surface area (Å²) in [5.41, 5.74) is 4.54. The lowest BCUT2D eigenvalue weighted by Crippen LogP contribution is -2.14. The van der Waals surface area contributed by atoms with Gasteiger partial charge in [0.15, 0.2) is 0 Å². The number of hydrogen-bond acceptors (Lipinski definition) is 2. The van der Waals surface area contributed by atoms with Gasteiger partial charge in [0.25, 0.3) is 0 Å². The highest BCUT2D eigenvalue weighted by Gasteiger charge is 2.11. The molecule has 1 aromatic heterocycles. The first-order valence-electron chi connectivity index (χ1n) is 7.05. The molecule has 4 heteroatoms. The van der Waals surface area contributed by atoms with E-state index in [9.17, 15) is 4.79 Å². The second kappa shape index (κ2) is 5.85. The molecule has 0 aliphatic carbocycles. The van der Waals surface area contributed by atoms with Crippen LogP contribution in [-0.2, 0) is 11.2 Å². The Kier molecular flexibility index (Phi) is 3.90. The van der Waals surface area contributed by atoms with E-state index in [1.807, 2.05) is 38.1 Å². The molecule has 112 valence electrons. The maximum Gasteiger partial charge on any atom is 0.228 e. The third kappa shape index (κ3) is 3.00. The number of carbonyl (C=O) groups is 1. The number of fused-ring (bicyclic) bond motifs is 1. The lowest BCUT2D eigenvalue weighted by atomic mass is 10.1. The molecular formula is C18H16ClNO2. The Morgan fingerprint density at radius 3 is 2.82 bits per heavy atom. The van der Waals surface area contributed by atoms with E-state index < -0.39 is 0 Å². The van der Waals surface area contributed by atoms with Crippen molar-refractivity contribution in [1.82, 2.24) is 0 Å². The van der Waals surface area contributed by atoms with Crippen LogP contribution in [0.4, 0.5) is 5.69 Å². The molecule has 0 bridgehead atoms. The van der Waals surface area contributed by atoms with Gasteiger partial charge in [-0.3, -0.25) is 4.79 Å². The molecule has 1 N–H and O–H groups in total. The fourth-order valence-corrected chi connectivity index (χ4v) is 2.60. The summed E-state index contributed by atoms with van der Waals surface area (Å²) in [6.45, 7) is 3.94. The van der Waals surface area contributed by atoms with Gasteiger partial charge in [0.05, 0.1) is 12.7 Å². The van der Waals surface area contributed by atoms with Crippen molar-refractivity contribution in [2.24, 2.45) is 0 Å². The van der Waals surface area contributed by atoms with Crippen LogP contribution in [-0.4, -0.2) is 5.91 Å². The van der Waals surface area contributed by atoms with Gasteiger partial charge in [0.2, 0.25) is 5.91 Å². The Bertz CT molecular complexity index is 851. The summed E-state index contributed by atoms with van der Waals surface area (Å²) >= 11 is 5.97. The standard InChI is InChI=1S/C18H16ClNO2/c1-11-3-6-15-13(10-22-17(15)7-11)8-18(21)20-16-9-14(19)5-4-12(16)2/h3-7,9-10H,8H2,1-2H3,(H,20,21). The quantitative estimate of drug-likeness (QED) is 0.748. The van der Waals surface area contributed by atoms with Gasteiger partial charge in [0, 0.05) is 21.7 Å². The monoisotopic (exact) mass is 313 g/mol. The first-order chi connectivity index (χ1) is 10.5. The maximum absolute atomic E-state index is 12.3. The summed E-state index contributed by atoms with van der Waals surface area (Å²) in [6.07, 6.45) is 1.91. The summed E-state index contributed by atoms with van der Waals surface area (Å²) in [4.78, 5) is 12.3. The molecule has 0 aliphatic heterocycles. The molecule has 0 saturated heterocycles. The zero-order valence-corrected chi connectivity index (χ0v) is 13.2. The van der Waals surface area contributed by atoms with E-state index >= 15 is 0 Å². The van der Waals surface area contributed by atoms with Crippen LogP contribution in [0.1, 0.15) is 16.7 Å². The summed E-state index contributed by atoms with van der Waals surface area (Å²) in [5.74, 6) is -0.0892. The van der Waals surface area contributed by atoms with E-state index in [1.165, 1.54) is 0 Å². The molecule has 3 nitrogen and oxygen atoms in total. The van der Waals surface area contributed by atoms with E-state index in [4.69, 9.17) is 16.0 Å². The molecule has 3 rings (SSSR count). The van der Waals surface area contributed by atoms with Gasteiger partial charge in [-0.05, 0) is 43.2 Å². The van der Waals surface area contributed by atoms with Crippen LogP contribution < -0.4 is 5.32 Å². The first-order valence-corrected chi connectivity index (χ1v) is 7.43. The largest absolute Gasteiger partial charge is 0.464 e. The zero-order chi connectivity index (χ0) is 15.7. The van der Waals surface area contributed by atoms with Crippen molar-refractivity contribution in [2.75, 3.05) is 5.32 Å². The molecular weight excluding hydrogens is 298 g/mol. The topological polar surface area (TPSA) is 42.2 Å². The third-order valence-electron chi connectivity index (χ3n) is 3.64.